The largest absolute Gasteiger partial charge is 0.481 e. The Balaban J connectivity index is 2.09. The van der Waals surface area contributed by atoms with Gasteiger partial charge >= 0.3 is 5.97 Å². The molecule has 25 heavy (non-hydrogen) atoms. The lowest BCUT2D eigenvalue weighted by molar-refractivity contribution is -0.122. The molecule has 0 spiro atoms. The first-order valence-electron chi connectivity index (χ1n) is 8.23. The summed E-state index contributed by atoms with van der Waals surface area (Å²) in [6, 6.07) is 12.6. The van der Waals surface area contributed by atoms with Crippen LogP contribution in [0.1, 0.15) is 35.3 Å². The fourth-order valence-corrected chi connectivity index (χ4v) is 2.38. The van der Waals surface area contributed by atoms with Crippen molar-refractivity contribution in [3.05, 3.63) is 59.2 Å². The highest BCUT2D eigenvalue weighted by Gasteiger charge is 2.18. The molecule has 0 saturated heterocycles. The third-order valence-corrected chi connectivity index (χ3v) is 3.76. The molecule has 0 unspecified atom stereocenters. The fourth-order valence-electron chi connectivity index (χ4n) is 2.38. The first kappa shape index (κ1) is 18.5. The highest BCUT2D eigenvalue weighted by atomic mass is 16.5. The van der Waals surface area contributed by atoms with Crippen molar-refractivity contribution >= 4 is 17.6 Å². The summed E-state index contributed by atoms with van der Waals surface area (Å²) in [6.07, 6.45) is -0.674. The van der Waals surface area contributed by atoms with Crippen molar-refractivity contribution < 1.29 is 19.1 Å². The topological polar surface area (TPSA) is 64.6 Å². The van der Waals surface area contributed by atoms with Gasteiger partial charge in [0.05, 0.1) is 12.2 Å². The van der Waals surface area contributed by atoms with Crippen LogP contribution in [-0.2, 0) is 9.53 Å². The molecule has 2 aromatic carbocycles. The van der Waals surface area contributed by atoms with Gasteiger partial charge in [0, 0.05) is 5.69 Å². The van der Waals surface area contributed by atoms with Crippen LogP contribution in [0.15, 0.2) is 42.5 Å². The molecule has 0 radical (unpaired) electrons. The van der Waals surface area contributed by atoms with Gasteiger partial charge in [0.25, 0.3) is 5.91 Å². The van der Waals surface area contributed by atoms with Crippen LogP contribution in [0.25, 0.3) is 0 Å². The number of ether oxygens (including phenoxy) is 2. The summed E-state index contributed by atoms with van der Waals surface area (Å²) in [6.45, 7) is 7.47. The minimum atomic E-state index is -0.674. The zero-order valence-corrected chi connectivity index (χ0v) is 15.0. The van der Waals surface area contributed by atoms with E-state index in [1.165, 1.54) is 0 Å². The van der Waals surface area contributed by atoms with Gasteiger partial charge in [0.2, 0.25) is 0 Å². The molecule has 0 fully saturated rings. The summed E-state index contributed by atoms with van der Waals surface area (Å²) >= 11 is 0. The van der Waals surface area contributed by atoms with Crippen molar-refractivity contribution in [2.24, 2.45) is 0 Å². The van der Waals surface area contributed by atoms with Gasteiger partial charge < -0.3 is 14.8 Å². The summed E-state index contributed by atoms with van der Waals surface area (Å²) in [7, 11) is 0. The van der Waals surface area contributed by atoms with Crippen LogP contribution >= 0.6 is 0 Å². The second-order valence-corrected chi connectivity index (χ2v) is 5.76. The average Bonchev–Trinajstić information content (AvgIpc) is 2.56. The van der Waals surface area contributed by atoms with Gasteiger partial charge in [-0.05, 0) is 63.1 Å². The number of esters is 1. The van der Waals surface area contributed by atoms with Gasteiger partial charge in [-0.25, -0.2) is 4.79 Å². The van der Waals surface area contributed by atoms with Crippen molar-refractivity contribution in [1.29, 1.82) is 0 Å². The molecule has 1 amide bonds. The van der Waals surface area contributed by atoms with Crippen LogP contribution in [0.2, 0.25) is 0 Å². The number of hydrogen-bond donors (Lipinski definition) is 1. The molecular formula is C20H23NO4. The Kier molecular flexibility index (Phi) is 6.17. The Morgan fingerprint density at radius 2 is 1.84 bits per heavy atom. The maximum absolute atomic E-state index is 12.4. The maximum atomic E-state index is 12.4. The number of anilines is 1. The summed E-state index contributed by atoms with van der Waals surface area (Å²) in [5.74, 6) is -0.0505. The quantitative estimate of drug-likeness (QED) is 0.810. The van der Waals surface area contributed by atoms with Crippen molar-refractivity contribution in [2.45, 2.75) is 33.8 Å². The van der Waals surface area contributed by atoms with Crippen molar-refractivity contribution in [1.82, 2.24) is 0 Å². The van der Waals surface area contributed by atoms with Gasteiger partial charge in [0.1, 0.15) is 5.75 Å². The lowest BCUT2D eigenvalue weighted by Crippen LogP contribution is -2.30. The molecule has 132 valence electrons. The second-order valence-electron chi connectivity index (χ2n) is 5.76. The number of benzene rings is 2. The van der Waals surface area contributed by atoms with Gasteiger partial charge in [-0.15, -0.1) is 0 Å². The predicted octanol–water partition coefficient (Wildman–Crippen LogP) is 3.89. The Bertz CT molecular complexity index is 770. The van der Waals surface area contributed by atoms with E-state index >= 15 is 0 Å². The molecule has 0 aliphatic heterocycles. The summed E-state index contributed by atoms with van der Waals surface area (Å²) < 4.78 is 10.7. The second kappa shape index (κ2) is 8.33. The van der Waals surface area contributed by atoms with Crippen LogP contribution in [0.3, 0.4) is 0 Å². The predicted molar refractivity (Wildman–Crippen MR) is 97.0 cm³/mol. The molecule has 5 heteroatoms. The van der Waals surface area contributed by atoms with Gasteiger partial charge in [0.15, 0.2) is 6.10 Å². The molecule has 2 rings (SSSR count). The zero-order valence-electron chi connectivity index (χ0n) is 15.0. The fraction of sp³-hybridized carbons (Fsp3) is 0.300. The lowest BCUT2D eigenvalue weighted by Gasteiger charge is -2.17. The number of amides is 1. The lowest BCUT2D eigenvalue weighted by atomic mass is 10.1. The number of rotatable bonds is 6. The monoisotopic (exact) mass is 341 g/mol. The Hall–Kier alpha value is -2.82. The van der Waals surface area contributed by atoms with Crippen LogP contribution in [0.5, 0.6) is 5.75 Å². The van der Waals surface area contributed by atoms with Crippen molar-refractivity contribution in [2.75, 3.05) is 11.9 Å². The highest BCUT2D eigenvalue weighted by molar-refractivity contribution is 5.98. The Morgan fingerprint density at radius 1 is 1.12 bits per heavy atom. The zero-order chi connectivity index (χ0) is 18.4. The summed E-state index contributed by atoms with van der Waals surface area (Å²) in [4.78, 5) is 24.4. The standard InChI is InChI=1S/C20H23NO4/c1-5-24-20(23)17-10-7-11-18(14(17)3)21-19(22)15(4)25-16-9-6-8-13(2)12-16/h6-12,15H,5H2,1-4H3,(H,21,22)/t15-/m0/s1. The summed E-state index contributed by atoms with van der Waals surface area (Å²) in [5.41, 5.74) is 2.72. The van der Waals surface area contributed by atoms with E-state index in [1.54, 1.807) is 39.0 Å². The molecule has 0 aromatic heterocycles. The third-order valence-electron chi connectivity index (χ3n) is 3.76. The van der Waals surface area contributed by atoms with Gasteiger partial charge in [-0.3, -0.25) is 4.79 Å². The number of carbonyl (C=O) groups excluding carboxylic acids is 2. The Labute approximate surface area is 148 Å². The van der Waals surface area contributed by atoms with E-state index in [2.05, 4.69) is 5.32 Å². The molecule has 1 atom stereocenters. The van der Waals surface area contributed by atoms with Gasteiger partial charge in [-0.2, -0.15) is 0 Å². The molecule has 0 aliphatic carbocycles. The first-order chi connectivity index (χ1) is 11.9. The van der Waals surface area contributed by atoms with E-state index < -0.39 is 12.1 Å². The highest BCUT2D eigenvalue weighted by Crippen LogP contribution is 2.21. The Morgan fingerprint density at radius 3 is 2.52 bits per heavy atom. The minimum Gasteiger partial charge on any atom is -0.481 e. The SMILES string of the molecule is CCOC(=O)c1cccc(NC(=O)[C@H](C)Oc2cccc(C)c2)c1C. The third kappa shape index (κ3) is 4.83. The molecule has 0 aliphatic rings. The van der Waals surface area contributed by atoms with Gasteiger partial charge in [-0.1, -0.05) is 18.2 Å². The minimum absolute atomic E-state index is 0.286. The van der Waals surface area contributed by atoms with Crippen molar-refractivity contribution in [3.8, 4) is 5.75 Å². The molecule has 5 nitrogen and oxygen atoms in total. The summed E-state index contributed by atoms with van der Waals surface area (Å²) in [5, 5.41) is 2.81. The molecule has 2 aromatic rings. The van der Waals surface area contributed by atoms with E-state index in [1.807, 2.05) is 31.2 Å². The molecule has 0 bridgehead atoms. The van der Waals surface area contributed by atoms with Crippen LogP contribution in [0.4, 0.5) is 5.69 Å². The van der Waals surface area contributed by atoms with Crippen LogP contribution < -0.4 is 10.1 Å². The number of carbonyl (C=O) groups is 2. The molecule has 0 heterocycles. The normalized spacial score (nSPS) is 11.5. The number of aryl methyl sites for hydroxylation is 1. The number of hydrogen-bond acceptors (Lipinski definition) is 4. The number of nitrogens with one attached hydrogen (secondary N) is 1. The average molecular weight is 341 g/mol. The van der Waals surface area contributed by atoms with E-state index in [0.717, 1.165) is 5.56 Å². The van der Waals surface area contributed by atoms with Crippen LogP contribution in [0, 0.1) is 13.8 Å². The molecular weight excluding hydrogens is 318 g/mol. The maximum Gasteiger partial charge on any atom is 0.338 e. The van der Waals surface area contributed by atoms with E-state index in [9.17, 15) is 9.59 Å². The molecule has 1 N–H and O–H groups in total. The van der Waals surface area contributed by atoms with E-state index in [0.29, 0.717) is 29.2 Å². The van der Waals surface area contributed by atoms with Crippen molar-refractivity contribution in [3.63, 3.8) is 0 Å². The van der Waals surface area contributed by atoms with E-state index in [4.69, 9.17) is 9.47 Å². The molecule has 0 saturated carbocycles. The first-order valence-corrected chi connectivity index (χ1v) is 8.23. The smallest absolute Gasteiger partial charge is 0.338 e. The van der Waals surface area contributed by atoms with Crippen LogP contribution in [-0.4, -0.2) is 24.6 Å². The van der Waals surface area contributed by atoms with E-state index in [-0.39, 0.29) is 5.91 Å².